The summed E-state index contributed by atoms with van der Waals surface area (Å²) in [6.45, 7) is 2.07. The van der Waals surface area contributed by atoms with Crippen LogP contribution < -0.4 is 10.6 Å². The number of nitrogens with zero attached hydrogens (tertiary/aromatic N) is 2. The minimum absolute atomic E-state index is 0.748. The van der Waals surface area contributed by atoms with Crippen LogP contribution in [-0.2, 0) is 0 Å². The molecular formula is C13H16N4S. The van der Waals surface area contributed by atoms with Gasteiger partial charge in [0, 0.05) is 18.8 Å². The van der Waals surface area contributed by atoms with Crippen molar-refractivity contribution in [1.29, 1.82) is 0 Å². The van der Waals surface area contributed by atoms with Crippen molar-refractivity contribution in [3.63, 3.8) is 0 Å². The third-order valence-corrected chi connectivity index (χ3v) is 3.10. The number of aryl methyl sites for hydroxylation is 1. The zero-order valence-electron chi connectivity index (χ0n) is 10.7. The molecule has 0 bridgehead atoms. The van der Waals surface area contributed by atoms with Crippen molar-refractivity contribution >= 4 is 29.1 Å². The molecule has 2 N–H and O–H groups in total. The van der Waals surface area contributed by atoms with Gasteiger partial charge in [-0.15, -0.1) is 0 Å². The second-order valence-corrected chi connectivity index (χ2v) is 4.59. The highest BCUT2D eigenvalue weighted by atomic mass is 32.2. The van der Waals surface area contributed by atoms with Gasteiger partial charge in [0.05, 0.1) is 0 Å². The molecule has 94 valence electrons. The molecule has 5 heteroatoms. The van der Waals surface area contributed by atoms with Crippen LogP contribution >= 0.6 is 11.8 Å². The first kappa shape index (κ1) is 12.7. The van der Waals surface area contributed by atoms with Crippen molar-refractivity contribution in [2.75, 3.05) is 23.9 Å². The fourth-order valence-corrected chi connectivity index (χ4v) is 1.94. The predicted octanol–water partition coefficient (Wildman–Crippen LogP) is 3.29. The molecule has 0 spiro atoms. The fourth-order valence-electron chi connectivity index (χ4n) is 1.56. The first-order valence-electron chi connectivity index (χ1n) is 5.66. The van der Waals surface area contributed by atoms with E-state index in [0.29, 0.717) is 0 Å². The molecule has 2 rings (SSSR count). The van der Waals surface area contributed by atoms with Gasteiger partial charge in [-0.3, -0.25) is 0 Å². The lowest BCUT2D eigenvalue weighted by molar-refractivity contribution is 0.977. The van der Waals surface area contributed by atoms with E-state index in [1.165, 1.54) is 17.3 Å². The Labute approximate surface area is 111 Å². The van der Waals surface area contributed by atoms with Crippen LogP contribution in [0.5, 0.6) is 0 Å². The molecule has 1 heterocycles. The van der Waals surface area contributed by atoms with Gasteiger partial charge in [0.15, 0.2) is 5.16 Å². The molecule has 0 aliphatic heterocycles. The Morgan fingerprint density at radius 3 is 2.50 bits per heavy atom. The molecule has 18 heavy (non-hydrogen) atoms. The van der Waals surface area contributed by atoms with Gasteiger partial charge in [-0.2, -0.15) is 0 Å². The molecular weight excluding hydrogens is 244 g/mol. The molecule has 1 aromatic carbocycles. The summed E-state index contributed by atoms with van der Waals surface area (Å²) in [7, 11) is 1.85. The van der Waals surface area contributed by atoms with Crippen molar-refractivity contribution in [1.82, 2.24) is 9.97 Å². The first-order valence-corrected chi connectivity index (χ1v) is 6.89. The summed E-state index contributed by atoms with van der Waals surface area (Å²) >= 11 is 1.53. The summed E-state index contributed by atoms with van der Waals surface area (Å²) in [5, 5.41) is 7.10. The molecule has 4 nitrogen and oxygen atoms in total. The quantitative estimate of drug-likeness (QED) is 0.652. The summed E-state index contributed by atoms with van der Waals surface area (Å²) in [5.74, 6) is 1.61. The molecule has 1 aromatic heterocycles. The number of hydrogen-bond donors (Lipinski definition) is 2. The van der Waals surface area contributed by atoms with Crippen molar-refractivity contribution in [3.05, 3.63) is 35.9 Å². The van der Waals surface area contributed by atoms with Crippen molar-refractivity contribution in [3.8, 4) is 0 Å². The SMILES string of the molecule is CNc1cc(Nc2ccccc2C)nc(SC)n1. The predicted molar refractivity (Wildman–Crippen MR) is 77.8 cm³/mol. The lowest BCUT2D eigenvalue weighted by Crippen LogP contribution is -2.01. The summed E-state index contributed by atoms with van der Waals surface area (Å²) in [5.41, 5.74) is 2.25. The molecule has 0 saturated carbocycles. The highest BCUT2D eigenvalue weighted by molar-refractivity contribution is 7.98. The maximum atomic E-state index is 4.44. The molecule has 0 unspecified atom stereocenters. The van der Waals surface area contributed by atoms with E-state index in [9.17, 15) is 0 Å². The van der Waals surface area contributed by atoms with E-state index in [1.807, 2.05) is 37.6 Å². The van der Waals surface area contributed by atoms with Gasteiger partial charge in [0.2, 0.25) is 0 Å². The summed E-state index contributed by atoms with van der Waals surface area (Å²) in [6.07, 6.45) is 1.96. The highest BCUT2D eigenvalue weighted by Crippen LogP contribution is 2.22. The molecule has 0 aliphatic carbocycles. The lowest BCUT2D eigenvalue weighted by atomic mass is 10.2. The Hall–Kier alpha value is -1.75. The van der Waals surface area contributed by atoms with Crippen molar-refractivity contribution < 1.29 is 0 Å². The summed E-state index contributed by atoms with van der Waals surface area (Å²) in [4.78, 5) is 8.77. The molecule has 0 radical (unpaired) electrons. The van der Waals surface area contributed by atoms with E-state index in [-0.39, 0.29) is 0 Å². The third kappa shape index (κ3) is 2.92. The van der Waals surface area contributed by atoms with Gasteiger partial charge < -0.3 is 10.6 Å². The Kier molecular flexibility index (Phi) is 4.04. The molecule has 0 atom stereocenters. The molecule has 0 saturated heterocycles. The third-order valence-electron chi connectivity index (χ3n) is 2.55. The van der Waals surface area contributed by atoms with Crippen molar-refractivity contribution in [2.24, 2.45) is 0 Å². The topological polar surface area (TPSA) is 49.8 Å². The van der Waals surface area contributed by atoms with Crippen LogP contribution in [0.3, 0.4) is 0 Å². The van der Waals surface area contributed by atoms with E-state index < -0.39 is 0 Å². The Bertz CT molecular complexity index is 520. The summed E-state index contributed by atoms with van der Waals surface area (Å²) < 4.78 is 0. The first-order chi connectivity index (χ1) is 8.72. The monoisotopic (exact) mass is 260 g/mol. The van der Waals surface area contributed by atoms with Crippen LogP contribution in [0.1, 0.15) is 5.56 Å². The number of hydrogen-bond acceptors (Lipinski definition) is 5. The maximum absolute atomic E-state index is 4.44. The molecule has 0 aliphatic rings. The number of benzene rings is 1. The smallest absolute Gasteiger partial charge is 0.191 e. The lowest BCUT2D eigenvalue weighted by Gasteiger charge is -2.10. The van der Waals surface area contributed by atoms with Crippen LogP contribution in [0.2, 0.25) is 0 Å². The second kappa shape index (κ2) is 5.73. The number of anilines is 3. The molecule has 0 fully saturated rings. The van der Waals surface area contributed by atoms with Crippen LogP contribution in [0.4, 0.5) is 17.3 Å². The van der Waals surface area contributed by atoms with Crippen LogP contribution in [0.25, 0.3) is 0 Å². The Morgan fingerprint density at radius 1 is 1.11 bits per heavy atom. The maximum Gasteiger partial charge on any atom is 0.191 e. The summed E-state index contributed by atoms with van der Waals surface area (Å²) in [6, 6.07) is 10.0. The van der Waals surface area contributed by atoms with Gasteiger partial charge in [0.1, 0.15) is 11.6 Å². The number of para-hydroxylation sites is 1. The van der Waals surface area contributed by atoms with Crippen molar-refractivity contribution in [2.45, 2.75) is 12.1 Å². The average molecular weight is 260 g/mol. The molecule has 0 amide bonds. The Balaban J connectivity index is 2.31. The van der Waals surface area contributed by atoms with Gasteiger partial charge in [-0.25, -0.2) is 9.97 Å². The zero-order valence-corrected chi connectivity index (χ0v) is 11.5. The van der Waals surface area contributed by atoms with E-state index in [4.69, 9.17) is 0 Å². The van der Waals surface area contributed by atoms with Gasteiger partial charge in [-0.1, -0.05) is 30.0 Å². The second-order valence-electron chi connectivity index (χ2n) is 3.82. The van der Waals surface area contributed by atoms with Gasteiger partial charge in [0.25, 0.3) is 0 Å². The number of nitrogens with one attached hydrogen (secondary N) is 2. The number of rotatable bonds is 4. The number of aromatic nitrogens is 2. The fraction of sp³-hybridized carbons (Fsp3) is 0.231. The Morgan fingerprint density at radius 2 is 1.83 bits per heavy atom. The van der Waals surface area contributed by atoms with E-state index >= 15 is 0 Å². The van der Waals surface area contributed by atoms with Crippen LogP contribution in [0, 0.1) is 6.92 Å². The molecule has 2 aromatic rings. The van der Waals surface area contributed by atoms with E-state index in [2.05, 4.69) is 33.6 Å². The van der Waals surface area contributed by atoms with Crippen LogP contribution in [-0.4, -0.2) is 23.3 Å². The van der Waals surface area contributed by atoms with Gasteiger partial charge >= 0.3 is 0 Å². The largest absolute Gasteiger partial charge is 0.373 e. The van der Waals surface area contributed by atoms with Gasteiger partial charge in [-0.05, 0) is 24.8 Å². The van der Waals surface area contributed by atoms with E-state index in [0.717, 1.165) is 22.5 Å². The highest BCUT2D eigenvalue weighted by Gasteiger charge is 2.04. The number of thioether (sulfide) groups is 1. The minimum atomic E-state index is 0.748. The van der Waals surface area contributed by atoms with E-state index in [1.54, 1.807) is 0 Å². The average Bonchev–Trinajstić information content (AvgIpc) is 2.41. The minimum Gasteiger partial charge on any atom is -0.373 e. The standard InChI is InChI=1S/C13H16N4S/c1-9-6-4-5-7-10(9)15-12-8-11(14-2)16-13(17-12)18-3/h4-8H,1-3H3,(H2,14,15,16,17). The van der Waals surface area contributed by atoms with Crippen LogP contribution in [0.15, 0.2) is 35.5 Å². The normalized spacial score (nSPS) is 10.2. The zero-order chi connectivity index (χ0) is 13.0.